The normalized spacial score (nSPS) is 14.3. The molecule has 1 spiro atoms. The zero-order chi connectivity index (χ0) is 30.5. The van der Waals surface area contributed by atoms with E-state index in [0.717, 1.165) is 52.3 Å². The summed E-state index contributed by atoms with van der Waals surface area (Å²) < 4.78 is 12.0. The molecule has 0 unspecified atom stereocenters. The first-order valence-electron chi connectivity index (χ1n) is 14.8. The number of carbonyl (C=O) groups excluding carboxylic acids is 1. The van der Waals surface area contributed by atoms with Crippen molar-refractivity contribution in [1.82, 2.24) is 4.90 Å². The minimum atomic E-state index is -0.986. The summed E-state index contributed by atoms with van der Waals surface area (Å²) in [6.07, 6.45) is 0. The average Bonchev–Trinajstić information content (AvgIpc) is 3.24. The maximum absolute atomic E-state index is 14.3. The van der Waals surface area contributed by atoms with E-state index in [1.54, 1.807) is 6.92 Å². The molecule has 2 heterocycles. The molecule has 0 saturated heterocycles. The van der Waals surface area contributed by atoms with Gasteiger partial charge in [-0.05, 0) is 69.5 Å². The number of rotatable bonds is 10. The molecule has 1 amide bonds. The second-order valence-electron chi connectivity index (χ2n) is 10.9. The minimum Gasteiger partial charge on any atom is -0.488 e. The Morgan fingerprint density at radius 1 is 0.791 bits per heavy atom. The van der Waals surface area contributed by atoms with E-state index in [1.807, 2.05) is 41.3 Å². The third-order valence-electron chi connectivity index (χ3n) is 8.38. The summed E-state index contributed by atoms with van der Waals surface area (Å²) in [4.78, 5) is 40.6. The Morgan fingerprint density at radius 2 is 1.40 bits per heavy atom. The number of anilines is 3. The highest BCUT2D eigenvalue weighted by atomic mass is 16.5. The Hall–Kier alpha value is -4.79. The van der Waals surface area contributed by atoms with Crippen LogP contribution in [0.5, 0.6) is 17.2 Å². The van der Waals surface area contributed by atoms with Crippen molar-refractivity contribution in [2.75, 3.05) is 48.7 Å². The van der Waals surface area contributed by atoms with Crippen LogP contribution in [0, 0.1) is 13.8 Å². The molecule has 0 radical (unpaired) electrons. The quantitative estimate of drug-likeness (QED) is 0.222. The van der Waals surface area contributed by atoms with Crippen molar-refractivity contribution in [3.05, 3.63) is 102 Å². The van der Waals surface area contributed by atoms with Crippen molar-refractivity contribution < 1.29 is 14.3 Å². The van der Waals surface area contributed by atoms with Gasteiger partial charge in [0.15, 0.2) is 5.75 Å². The fraction of sp³-hybridized carbons (Fsp3) is 0.324. The van der Waals surface area contributed by atoms with Gasteiger partial charge in [-0.15, -0.1) is 0 Å². The van der Waals surface area contributed by atoms with E-state index in [4.69, 9.17) is 9.47 Å². The van der Waals surface area contributed by atoms with Gasteiger partial charge in [-0.3, -0.25) is 14.4 Å². The first-order chi connectivity index (χ1) is 20.8. The van der Waals surface area contributed by atoms with Crippen molar-refractivity contribution in [2.45, 2.75) is 40.2 Å². The summed E-state index contributed by atoms with van der Waals surface area (Å²) in [5.74, 6) is 1.28. The molecule has 0 saturated carbocycles. The molecule has 222 valence electrons. The lowest BCUT2D eigenvalue weighted by Crippen LogP contribution is -2.49. The summed E-state index contributed by atoms with van der Waals surface area (Å²) in [5, 5.41) is 9.95. The average molecular weight is 581 g/mol. The van der Waals surface area contributed by atoms with E-state index in [-0.39, 0.29) is 37.0 Å². The second-order valence-corrected chi connectivity index (χ2v) is 10.9. The summed E-state index contributed by atoms with van der Waals surface area (Å²) in [6.45, 7) is 12.2. The third-order valence-corrected chi connectivity index (χ3v) is 8.38. The molecule has 4 aromatic carbocycles. The van der Waals surface area contributed by atoms with Gasteiger partial charge in [0.25, 0.3) is 16.8 Å². The number of hydrogen-bond acceptors (Lipinski definition) is 8. The maximum Gasteiger partial charge on any atom is 0.272 e. The minimum absolute atomic E-state index is 0.0539. The highest BCUT2D eigenvalue weighted by molar-refractivity contribution is 6.02. The number of hydrogen-bond donors (Lipinski definition) is 3. The van der Waals surface area contributed by atoms with Crippen LogP contribution in [0.3, 0.4) is 0 Å². The highest BCUT2D eigenvalue weighted by Crippen LogP contribution is 2.58. The molecule has 0 aliphatic carbocycles. The van der Waals surface area contributed by atoms with Crippen LogP contribution in [0.4, 0.5) is 17.1 Å². The summed E-state index contributed by atoms with van der Waals surface area (Å²) >= 11 is 0. The topological polar surface area (TPSA) is 109 Å². The molecule has 9 nitrogen and oxygen atoms in total. The molecular weight excluding hydrogens is 544 g/mol. The van der Waals surface area contributed by atoms with Crippen molar-refractivity contribution >= 4 is 23.0 Å². The van der Waals surface area contributed by atoms with E-state index in [0.29, 0.717) is 17.1 Å². The monoisotopic (exact) mass is 580 g/mol. The first-order valence-corrected chi connectivity index (χ1v) is 14.8. The maximum atomic E-state index is 14.3. The number of benzene rings is 3. The van der Waals surface area contributed by atoms with Gasteiger partial charge in [-0.2, -0.15) is 0 Å². The lowest BCUT2D eigenvalue weighted by Gasteiger charge is -2.45. The van der Waals surface area contributed by atoms with Gasteiger partial charge < -0.3 is 30.3 Å². The van der Waals surface area contributed by atoms with E-state index >= 15 is 0 Å². The number of nitrogens with one attached hydrogen (secondary N) is 3. The molecule has 6 rings (SSSR count). The Morgan fingerprint density at radius 3 is 1.98 bits per heavy atom. The Labute approximate surface area is 250 Å². The number of amides is 1. The Bertz CT molecular complexity index is 1760. The molecule has 4 aromatic rings. The van der Waals surface area contributed by atoms with Crippen molar-refractivity contribution in [2.24, 2.45) is 0 Å². The molecular formula is C34H36N4O5. The van der Waals surface area contributed by atoms with Crippen LogP contribution in [-0.2, 0) is 5.54 Å². The fourth-order valence-electron chi connectivity index (χ4n) is 6.52. The summed E-state index contributed by atoms with van der Waals surface area (Å²) in [6, 6.07) is 16.0. The molecule has 3 N–H and O–H groups in total. The van der Waals surface area contributed by atoms with Gasteiger partial charge in [0, 0.05) is 66.4 Å². The van der Waals surface area contributed by atoms with Crippen LogP contribution in [0.2, 0.25) is 0 Å². The largest absolute Gasteiger partial charge is 0.488 e. The van der Waals surface area contributed by atoms with Gasteiger partial charge in [0.1, 0.15) is 22.7 Å². The zero-order valence-electron chi connectivity index (χ0n) is 25.1. The molecule has 0 fully saturated rings. The van der Waals surface area contributed by atoms with Crippen LogP contribution in [-0.4, -0.2) is 43.6 Å². The van der Waals surface area contributed by atoms with Crippen molar-refractivity contribution in [1.29, 1.82) is 0 Å². The molecule has 2 aliphatic heterocycles. The fourth-order valence-corrected chi connectivity index (χ4v) is 6.52. The SMILES string of the molecule is CCNc1cc2c(cc1C)C1(c3cc(C)c(NCC)cc3O2)c2ccccc2C(=O)N1CCNc1c(OCC)c(=O)c1=O. The van der Waals surface area contributed by atoms with E-state index in [1.165, 1.54) is 0 Å². The Kier molecular flexibility index (Phi) is 7.12. The van der Waals surface area contributed by atoms with Gasteiger partial charge in [0.05, 0.1) is 6.61 Å². The van der Waals surface area contributed by atoms with Gasteiger partial charge >= 0.3 is 0 Å². The number of carbonyl (C=O) groups is 1. The number of nitrogens with zero attached hydrogens (tertiary/aromatic N) is 1. The van der Waals surface area contributed by atoms with Gasteiger partial charge in [-0.25, -0.2) is 0 Å². The number of fused-ring (bicyclic) bond motifs is 6. The summed E-state index contributed by atoms with van der Waals surface area (Å²) in [7, 11) is 0. The van der Waals surface area contributed by atoms with Crippen LogP contribution in [0.15, 0.2) is 58.1 Å². The standard InChI is InChI=1S/C34H36N4O5/c1-6-35-25-17-27-23(15-19(25)4)34(24-16-20(5)26(36-7-2)18-28(24)43-27)22-12-10-9-11-21(22)33(41)38(34)14-13-37-29-30(39)31(40)32(29)42-8-3/h9-12,15-18,35-37H,6-8,13-14H2,1-5H3. The highest BCUT2D eigenvalue weighted by Gasteiger charge is 2.56. The number of aryl methyl sites for hydroxylation is 2. The van der Waals surface area contributed by atoms with Crippen molar-refractivity contribution in [3.8, 4) is 17.2 Å². The van der Waals surface area contributed by atoms with Crippen LogP contribution >= 0.6 is 0 Å². The zero-order valence-corrected chi connectivity index (χ0v) is 25.1. The molecule has 0 bridgehead atoms. The van der Waals surface area contributed by atoms with Gasteiger partial charge in [-0.1, -0.05) is 18.2 Å². The van der Waals surface area contributed by atoms with E-state index in [9.17, 15) is 14.4 Å². The van der Waals surface area contributed by atoms with E-state index < -0.39 is 16.4 Å². The molecule has 2 aliphatic rings. The molecule has 0 aromatic heterocycles. The summed E-state index contributed by atoms with van der Waals surface area (Å²) in [5.41, 5.74) is 5.19. The van der Waals surface area contributed by atoms with Crippen LogP contribution in [0.1, 0.15) is 58.9 Å². The lowest BCUT2D eigenvalue weighted by molar-refractivity contribution is 0.0675. The van der Waals surface area contributed by atoms with Crippen LogP contribution < -0.4 is 36.3 Å². The Balaban J connectivity index is 1.54. The van der Waals surface area contributed by atoms with Crippen LogP contribution in [0.25, 0.3) is 0 Å². The first kappa shape index (κ1) is 28.3. The molecule has 0 atom stereocenters. The predicted octanol–water partition coefficient (Wildman–Crippen LogP) is 5.13. The smallest absolute Gasteiger partial charge is 0.272 e. The second kappa shape index (κ2) is 10.8. The lowest BCUT2D eigenvalue weighted by atomic mass is 9.73. The third kappa shape index (κ3) is 4.17. The molecule has 9 heteroatoms. The van der Waals surface area contributed by atoms with Gasteiger partial charge in [0.2, 0.25) is 0 Å². The number of ether oxygens (including phenoxy) is 2. The molecule has 43 heavy (non-hydrogen) atoms. The van der Waals surface area contributed by atoms with E-state index in [2.05, 4.69) is 55.8 Å². The predicted molar refractivity (Wildman–Crippen MR) is 169 cm³/mol. The van der Waals surface area contributed by atoms with Crippen molar-refractivity contribution in [3.63, 3.8) is 0 Å².